The summed E-state index contributed by atoms with van der Waals surface area (Å²) < 4.78 is 35.8. The van der Waals surface area contributed by atoms with Crippen molar-refractivity contribution in [2.45, 2.75) is 13.5 Å². The molecule has 1 heterocycles. The SMILES string of the molecule is CCOC(=O)c1csc(COc2ccc(F)c(F)c2)n1. The zero-order valence-electron chi connectivity index (χ0n) is 10.6. The number of esters is 1. The number of carbonyl (C=O) groups excluding carboxylic acids is 1. The summed E-state index contributed by atoms with van der Waals surface area (Å²) in [6, 6.07) is 3.25. The van der Waals surface area contributed by atoms with E-state index < -0.39 is 17.6 Å². The summed E-state index contributed by atoms with van der Waals surface area (Å²) in [6.45, 7) is 2.05. The first-order valence-electron chi connectivity index (χ1n) is 5.79. The van der Waals surface area contributed by atoms with Crippen molar-refractivity contribution < 1.29 is 23.0 Å². The number of benzene rings is 1. The summed E-state index contributed by atoms with van der Waals surface area (Å²) in [7, 11) is 0. The van der Waals surface area contributed by atoms with E-state index in [-0.39, 0.29) is 24.7 Å². The Labute approximate surface area is 118 Å². The van der Waals surface area contributed by atoms with Gasteiger partial charge in [0.2, 0.25) is 0 Å². The van der Waals surface area contributed by atoms with Gasteiger partial charge >= 0.3 is 5.97 Å². The molecule has 0 spiro atoms. The van der Waals surface area contributed by atoms with Crippen molar-refractivity contribution in [1.29, 1.82) is 0 Å². The molecule has 2 aromatic rings. The highest BCUT2D eigenvalue weighted by molar-refractivity contribution is 7.09. The number of thiazole rings is 1. The van der Waals surface area contributed by atoms with Crippen LogP contribution in [0, 0.1) is 11.6 Å². The van der Waals surface area contributed by atoms with Gasteiger partial charge in [-0.25, -0.2) is 18.6 Å². The highest BCUT2D eigenvalue weighted by atomic mass is 32.1. The third-order valence-corrected chi connectivity index (χ3v) is 3.11. The maximum Gasteiger partial charge on any atom is 0.357 e. The largest absolute Gasteiger partial charge is 0.486 e. The van der Waals surface area contributed by atoms with Crippen LogP contribution in [0.2, 0.25) is 0 Å². The summed E-state index contributed by atoms with van der Waals surface area (Å²) in [6.07, 6.45) is 0. The Morgan fingerprint density at radius 3 is 2.85 bits per heavy atom. The Morgan fingerprint density at radius 1 is 1.35 bits per heavy atom. The Bertz CT molecular complexity index is 615. The van der Waals surface area contributed by atoms with Crippen LogP contribution in [0.25, 0.3) is 0 Å². The monoisotopic (exact) mass is 299 g/mol. The molecule has 0 saturated heterocycles. The topological polar surface area (TPSA) is 48.4 Å². The van der Waals surface area contributed by atoms with E-state index in [2.05, 4.69) is 4.98 Å². The fourth-order valence-corrected chi connectivity index (χ4v) is 2.06. The van der Waals surface area contributed by atoms with Crippen molar-refractivity contribution in [2.75, 3.05) is 6.61 Å². The molecule has 0 aliphatic rings. The average Bonchev–Trinajstić information content (AvgIpc) is 2.89. The summed E-state index contributed by atoms with van der Waals surface area (Å²) in [5.74, 6) is -2.22. The van der Waals surface area contributed by atoms with E-state index in [0.717, 1.165) is 12.1 Å². The molecule has 0 unspecified atom stereocenters. The predicted octanol–water partition coefficient (Wildman–Crippen LogP) is 3.18. The van der Waals surface area contributed by atoms with E-state index in [1.54, 1.807) is 12.3 Å². The standard InChI is InChI=1S/C13H11F2NO3S/c1-2-18-13(17)11-7-20-12(16-11)6-19-8-3-4-9(14)10(15)5-8/h3-5,7H,2,6H2,1H3. The van der Waals surface area contributed by atoms with Crippen molar-refractivity contribution in [1.82, 2.24) is 4.98 Å². The second kappa shape index (κ2) is 6.42. The normalized spacial score (nSPS) is 10.3. The summed E-state index contributed by atoms with van der Waals surface area (Å²) in [5.41, 5.74) is 0.209. The highest BCUT2D eigenvalue weighted by Crippen LogP contribution is 2.18. The molecule has 0 fully saturated rings. The van der Waals surface area contributed by atoms with Crippen LogP contribution in [0.1, 0.15) is 22.4 Å². The van der Waals surface area contributed by atoms with E-state index in [4.69, 9.17) is 9.47 Å². The minimum atomic E-state index is -0.978. The van der Waals surface area contributed by atoms with Gasteiger partial charge in [-0.15, -0.1) is 11.3 Å². The van der Waals surface area contributed by atoms with Crippen LogP contribution in [-0.2, 0) is 11.3 Å². The third-order valence-electron chi connectivity index (χ3n) is 2.29. The molecule has 0 bridgehead atoms. The molecular weight excluding hydrogens is 288 g/mol. The van der Waals surface area contributed by atoms with Crippen molar-refractivity contribution in [2.24, 2.45) is 0 Å². The van der Waals surface area contributed by atoms with Crippen LogP contribution >= 0.6 is 11.3 Å². The first kappa shape index (κ1) is 14.4. The van der Waals surface area contributed by atoms with Gasteiger partial charge in [0, 0.05) is 11.4 Å². The Balaban J connectivity index is 1.97. The minimum Gasteiger partial charge on any atom is -0.486 e. The number of carbonyl (C=O) groups is 1. The number of aromatic nitrogens is 1. The van der Waals surface area contributed by atoms with Crippen LogP contribution in [0.5, 0.6) is 5.75 Å². The molecule has 7 heteroatoms. The molecule has 0 N–H and O–H groups in total. The quantitative estimate of drug-likeness (QED) is 0.796. The highest BCUT2D eigenvalue weighted by Gasteiger charge is 2.12. The second-order valence-corrected chi connectivity index (χ2v) is 4.65. The van der Waals surface area contributed by atoms with Crippen molar-refractivity contribution >= 4 is 17.3 Å². The number of hydrogen-bond donors (Lipinski definition) is 0. The molecular formula is C13H11F2NO3S. The van der Waals surface area contributed by atoms with Crippen LogP contribution < -0.4 is 4.74 Å². The Hall–Kier alpha value is -2.02. The fourth-order valence-electron chi connectivity index (χ4n) is 1.39. The molecule has 1 aromatic heterocycles. The number of nitrogens with zero attached hydrogens (tertiary/aromatic N) is 1. The van der Waals surface area contributed by atoms with Gasteiger partial charge in [-0.3, -0.25) is 0 Å². The zero-order chi connectivity index (χ0) is 14.5. The second-order valence-electron chi connectivity index (χ2n) is 3.71. The van der Waals surface area contributed by atoms with E-state index in [9.17, 15) is 13.6 Å². The van der Waals surface area contributed by atoms with Gasteiger partial charge in [0.25, 0.3) is 0 Å². The number of hydrogen-bond acceptors (Lipinski definition) is 5. The van der Waals surface area contributed by atoms with Crippen molar-refractivity contribution in [3.05, 3.63) is 45.9 Å². The smallest absolute Gasteiger partial charge is 0.357 e. The van der Waals surface area contributed by atoms with Gasteiger partial charge in [-0.1, -0.05) is 0 Å². The lowest BCUT2D eigenvalue weighted by Gasteiger charge is -2.04. The van der Waals surface area contributed by atoms with Crippen LogP contribution in [-0.4, -0.2) is 17.6 Å². The lowest BCUT2D eigenvalue weighted by atomic mass is 10.3. The summed E-state index contributed by atoms with van der Waals surface area (Å²) in [5, 5.41) is 2.10. The van der Waals surface area contributed by atoms with Crippen LogP contribution in [0.4, 0.5) is 8.78 Å². The van der Waals surface area contributed by atoms with Crippen LogP contribution in [0.15, 0.2) is 23.6 Å². The van der Waals surface area contributed by atoms with Gasteiger partial charge in [0.05, 0.1) is 6.61 Å². The van der Waals surface area contributed by atoms with Crippen molar-refractivity contribution in [3.63, 3.8) is 0 Å². The van der Waals surface area contributed by atoms with Gasteiger partial charge in [0.1, 0.15) is 17.4 Å². The molecule has 0 amide bonds. The number of halogens is 2. The molecule has 4 nitrogen and oxygen atoms in total. The van der Waals surface area contributed by atoms with Crippen LogP contribution in [0.3, 0.4) is 0 Å². The zero-order valence-corrected chi connectivity index (χ0v) is 11.4. The molecule has 0 saturated carbocycles. The maximum atomic E-state index is 13.0. The molecule has 106 valence electrons. The summed E-state index contributed by atoms with van der Waals surface area (Å²) >= 11 is 1.23. The average molecular weight is 299 g/mol. The third kappa shape index (κ3) is 3.51. The molecule has 0 atom stereocenters. The number of ether oxygens (including phenoxy) is 2. The Morgan fingerprint density at radius 2 is 2.15 bits per heavy atom. The fraction of sp³-hybridized carbons (Fsp3) is 0.231. The van der Waals surface area contributed by atoms with Crippen molar-refractivity contribution in [3.8, 4) is 5.75 Å². The predicted molar refractivity (Wildman–Crippen MR) is 68.8 cm³/mol. The lowest BCUT2D eigenvalue weighted by molar-refractivity contribution is 0.0520. The minimum absolute atomic E-state index is 0.0646. The Kier molecular flexibility index (Phi) is 4.62. The van der Waals surface area contributed by atoms with E-state index >= 15 is 0 Å². The first-order valence-corrected chi connectivity index (χ1v) is 6.67. The number of rotatable bonds is 5. The van der Waals surface area contributed by atoms with Gasteiger partial charge < -0.3 is 9.47 Å². The van der Waals surface area contributed by atoms with Gasteiger partial charge in [-0.2, -0.15) is 0 Å². The molecule has 0 aliphatic carbocycles. The van der Waals surface area contributed by atoms with E-state index in [1.165, 1.54) is 17.4 Å². The summed E-state index contributed by atoms with van der Waals surface area (Å²) in [4.78, 5) is 15.4. The van der Waals surface area contributed by atoms with Gasteiger partial charge in [-0.05, 0) is 19.1 Å². The molecule has 0 aliphatic heterocycles. The molecule has 2 rings (SSSR count). The lowest BCUT2D eigenvalue weighted by Crippen LogP contribution is -2.05. The maximum absolute atomic E-state index is 13.0. The van der Waals surface area contributed by atoms with E-state index in [0.29, 0.717) is 5.01 Å². The van der Waals surface area contributed by atoms with E-state index in [1.807, 2.05) is 0 Å². The molecule has 20 heavy (non-hydrogen) atoms. The first-order chi connectivity index (χ1) is 9.60. The molecule has 1 aromatic carbocycles. The molecule has 0 radical (unpaired) electrons. The van der Waals surface area contributed by atoms with Gasteiger partial charge in [0.15, 0.2) is 17.3 Å².